The number of fused-ring (bicyclic) bond motifs is 1. The van der Waals surface area contributed by atoms with Crippen molar-refractivity contribution >= 4 is 0 Å². The Bertz CT molecular complexity index is 691. The van der Waals surface area contributed by atoms with Gasteiger partial charge < -0.3 is 0 Å². The Morgan fingerprint density at radius 3 is 2.50 bits per heavy atom. The van der Waals surface area contributed by atoms with E-state index in [0.717, 1.165) is 48.9 Å². The average Bonchev–Trinajstić information content (AvgIpc) is 2.50. The summed E-state index contributed by atoms with van der Waals surface area (Å²) in [5.74, 6) is -1.59. The van der Waals surface area contributed by atoms with Gasteiger partial charge in [-0.25, -0.2) is 13.2 Å². The highest BCUT2D eigenvalue weighted by Crippen LogP contribution is 2.33. The number of hydrogen-bond acceptors (Lipinski definition) is 0. The standard InChI is InChI=1S/C19H19F3/c1-2-3-12-4-5-13-9-16(18(21)11-15(13)8-12)14-6-7-17(20)19(22)10-14/h6-7,9-12H,2-5,8H2,1H3. The molecule has 1 unspecified atom stereocenters. The molecule has 2 aromatic rings. The van der Waals surface area contributed by atoms with Gasteiger partial charge in [-0.3, -0.25) is 0 Å². The largest absolute Gasteiger partial charge is 0.206 e. The molecule has 0 bridgehead atoms. The maximum Gasteiger partial charge on any atom is 0.159 e. The van der Waals surface area contributed by atoms with Crippen LogP contribution in [0.1, 0.15) is 37.3 Å². The summed E-state index contributed by atoms with van der Waals surface area (Å²) in [5, 5.41) is 0. The van der Waals surface area contributed by atoms with Crippen molar-refractivity contribution in [3.8, 4) is 11.1 Å². The summed E-state index contributed by atoms with van der Waals surface area (Å²) in [5.41, 5.74) is 2.93. The second-order valence-electron chi connectivity index (χ2n) is 6.13. The highest BCUT2D eigenvalue weighted by Gasteiger charge is 2.20. The van der Waals surface area contributed by atoms with Gasteiger partial charge in [-0.05, 0) is 66.1 Å². The molecule has 3 heteroatoms. The van der Waals surface area contributed by atoms with Crippen LogP contribution in [0.3, 0.4) is 0 Å². The van der Waals surface area contributed by atoms with Crippen LogP contribution in [0.5, 0.6) is 0 Å². The molecular formula is C19H19F3. The summed E-state index contributed by atoms with van der Waals surface area (Å²) in [4.78, 5) is 0. The number of rotatable bonds is 3. The van der Waals surface area contributed by atoms with Crippen molar-refractivity contribution < 1.29 is 13.2 Å². The minimum Gasteiger partial charge on any atom is -0.206 e. The van der Waals surface area contributed by atoms with E-state index in [1.165, 1.54) is 12.5 Å². The predicted octanol–water partition coefficient (Wildman–Crippen LogP) is 5.68. The SMILES string of the molecule is CCCC1CCc2cc(-c3ccc(F)c(F)c3)c(F)cc2C1. The molecule has 0 heterocycles. The van der Waals surface area contributed by atoms with Crippen molar-refractivity contribution in [2.24, 2.45) is 5.92 Å². The normalized spacial score (nSPS) is 17.4. The molecule has 0 fully saturated rings. The van der Waals surface area contributed by atoms with Crippen molar-refractivity contribution in [1.29, 1.82) is 0 Å². The van der Waals surface area contributed by atoms with Crippen LogP contribution >= 0.6 is 0 Å². The fourth-order valence-corrected chi connectivity index (χ4v) is 3.39. The third-order valence-electron chi connectivity index (χ3n) is 4.55. The Kier molecular flexibility index (Phi) is 4.23. The monoisotopic (exact) mass is 304 g/mol. The highest BCUT2D eigenvalue weighted by molar-refractivity contribution is 5.66. The molecule has 0 spiro atoms. The first-order valence-corrected chi connectivity index (χ1v) is 7.85. The summed E-state index contributed by atoms with van der Waals surface area (Å²) in [6.45, 7) is 2.17. The topological polar surface area (TPSA) is 0 Å². The summed E-state index contributed by atoms with van der Waals surface area (Å²) in [6.07, 6.45) is 5.28. The fraction of sp³-hybridized carbons (Fsp3) is 0.368. The van der Waals surface area contributed by atoms with Gasteiger partial charge in [0, 0.05) is 5.56 Å². The van der Waals surface area contributed by atoms with E-state index in [-0.39, 0.29) is 5.82 Å². The van der Waals surface area contributed by atoms with Gasteiger partial charge in [0.05, 0.1) is 0 Å². The molecule has 0 N–H and O–H groups in total. The van der Waals surface area contributed by atoms with E-state index in [2.05, 4.69) is 6.92 Å². The van der Waals surface area contributed by atoms with Gasteiger partial charge in [0.2, 0.25) is 0 Å². The Balaban J connectivity index is 1.96. The minimum absolute atomic E-state index is 0.353. The number of aryl methyl sites for hydroxylation is 1. The molecule has 0 saturated carbocycles. The van der Waals surface area contributed by atoms with Crippen LogP contribution in [0.15, 0.2) is 30.3 Å². The lowest BCUT2D eigenvalue weighted by atomic mass is 9.80. The fourth-order valence-electron chi connectivity index (χ4n) is 3.39. The Labute approximate surface area is 129 Å². The van der Waals surface area contributed by atoms with Crippen LogP contribution in [0.25, 0.3) is 11.1 Å². The zero-order valence-electron chi connectivity index (χ0n) is 12.6. The van der Waals surface area contributed by atoms with Gasteiger partial charge in [-0.2, -0.15) is 0 Å². The molecule has 0 saturated heterocycles. The smallest absolute Gasteiger partial charge is 0.159 e. The van der Waals surface area contributed by atoms with Crippen molar-refractivity contribution in [2.45, 2.75) is 39.0 Å². The summed E-state index contributed by atoms with van der Waals surface area (Å²) >= 11 is 0. The molecule has 0 aromatic heterocycles. The van der Waals surface area contributed by atoms with Crippen LogP contribution in [-0.4, -0.2) is 0 Å². The highest BCUT2D eigenvalue weighted by atomic mass is 19.2. The lowest BCUT2D eigenvalue weighted by Crippen LogP contribution is -2.14. The maximum atomic E-state index is 14.4. The minimum atomic E-state index is -0.947. The molecule has 0 radical (unpaired) electrons. The van der Waals surface area contributed by atoms with Gasteiger partial charge >= 0.3 is 0 Å². The van der Waals surface area contributed by atoms with E-state index in [0.29, 0.717) is 17.0 Å². The molecule has 116 valence electrons. The second kappa shape index (κ2) is 6.15. The molecule has 2 aromatic carbocycles. The van der Waals surface area contributed by atoms with Gasteiger partial charge in [-0.1, -0.05) is 25.8 Å². The Morgan fingerprint density at radius 1 is 0.955 bits per heavy atom. The molecule has 1 atom stereocenters. The molecule has 0 aliphatic heterocycles. The molecule has 22 heavy (non-hydrogen) atoms. The van der Waals surface area contributed by atoms with Gasteiger partial charge in [-0.15, -0.1) is 0 Å². The van der Waals surface area contributed by atoms with Crippen LogP contribution in [0.2, 0.25) is 0 Å². The van der Waals surface area contributed by atoms with Crippen LogP contribution < -0.4 is 0 Å². The van der Waals surface area contributed by atoms with E-state index in [4.69, 9.17) is 0 Å². The predicted molar refractivity (Wildman–Crippen MR) is 82.2 cm³/mol. The van der Waals surface area contributed by atoms with E-state index < -0.39 is 11.6 Å². The van der Waals surface area contributed by atoms with Crippen LogP contribution in [-0.2, 0) is 12.8 Å². The second-order valence-corrected chi connectivity index (χ2v) is 6.13. The Hall–Kier alpha value is -1.77. The molecule has 0 amide bonds. The lowest BCUT2D eigenvalue weighted by Gasteiger charge is -2.25. The molecule has 1 aliphatic rings. The van der Waals surface area contributed by atoms with Crippen LogP contribution in [0.4, 0.5) is 13.2 Å². The summed E-state index contributed by atoms with van der Waals surface area (Å²) in [7, 11) is 0. The zero-order valence-corrected chi connectivity index (χ0v) is 12.6. The average molecular weight is 304 g/mol. The number of halogens is 3. The quantitative estimate of drug-likeness (QED) is 0.684. The van der Waals surface area contributed by atoms with E-state index in [9.17, 15) is 13.2 Å². The van der Waals surface area contributed by atoms with Crippen molar-refractivity contribution in [1.82, 2.24) is 0 Å². The number of benzene rings is 2. The maximum absolute atomic E-state index is 14.4. The van der Waals surface area contributed by atoms with Crippen molar-refractivity contribution in [3.05, 3.63) is 58.9 Å². The first kappa shape index (κ1) is 15.1. The van der Waals surface area contributed by atoms with E-state index >= 15 is 0 Å². The van der Waals surface area contributed by atoms with E-state index in [1.54, 1.807) is 12.1 Å². The first-order valence-electron chi connectivity index (χ1n) is 7.85. The zero-order chi connectivity index (χ0) is 15.7. The molecular weight excluding hydrogens is 285 g/mol. The summed E-state index contributed by atoms with van der Waals surface area (Å²) in [6, 6.07) is 6.91. The first-order chi connectivity index (χ1) is 10.6. The molecule has 3 rings (SSSR count). The third kappa shape index (κ3) is 2.90. The van der Waals surface area contributed by atoms with Gasteiger partial charge in [0.15, 0.2) is 11.6 Å². The molecule has 1 aliphatic carbocycles. The third-order valence-corrected chi connectivity index (χ3v) is 4.55. The van der Waals surface area contributed by atoms with Crippen molar-refractivity contribution in [2.75, 3.05) is 0 Å². The Morgan fingerprint density at radius 2 is 1.77 bits per heavy atom. The molecule has 0 nitrogen and oxygen atoms in total. The lowest BCUT2D eigenvalue weighted by molar-refractivity contribution is 0.421. The van der Waals surface area contributed by atoms with Gasteiger partial charge in [0.25, 0.3) is 0 Å². The van der Waals surface area contributed by atoms with Crippen molar-refractivity contribution in [3.63, 3.8) is 0 Å². The summed E-state index contributed by atoms with van der Waals surface area (Å²) < 4.78 is 40.8. The van der Waals surface area contributed by atoms with E-state index in [1.807, 2.05) is 0 Å². The number of hydrogen-bond donors (Lipinski definition) is 0. The van der Waals surface area contributed by atoms with Gasteiger partial charge in [0.1, 0.15) is 5.82 Å². The van der Waals surface area contributed by atoms with Crippen LogP contribution in [0, 0.1) is 23.4 Å².